The van der Waals surface area contributed by atoms with Crippen LogP contribution in [0, 0.1) is 0 Å². The van der Waals surface area contributed by atoms with Gasteiger partial charge < -0.3 is 15.3 Å². The Kier molecular flexibility index (Phi) is 6.11. The third kappa shape index (κ3) is 4.70. The van der Waals surface area contributed by atoms with Crippen LogP contribution in [0.15, 0.2) is 65.6 Å². The minimum absolute atomic E-state index is 0.0348. The number of carbonyl (C=O) groups is 1. The Labute approximate surface area is 195 Å². The summed E-state index contributed by atoms with van der Waals surface area (Å²) in [6.45, 7) is 0.588. The highest BCUT2D eigenvalue weighted by atomic mass is 35.5. The zero-order chi connectivity index (χ0) is 23.8. The number of aromatic amines is 1. The van der Waals surface area contributed by atoms with E-state index in [-0.39, 0.29) is 17.8 Å². The van der Waals surface area contributed by atoms with E-state index in [9.17, 15) is 18.0 Å². The number of benzene rings is 2. The number of amides is 1. The van der Waals surface area contributed by atoms with Gasteiger partial charge in [-0.1, -0.05) is 35.9 Å². The summed E-state index contributed by atoms with van der Waals surface area (Å²) in [6.07, 6.45) is 2.38. The lowest BCUT2D eigenvalue weighted by atomic mass is 10.0. The van der Waals surface area contributed by atoms with Crippen molar-refractivity contribution in [2.24, 2.45) is 5.73 Å². The van der Waals surface area contributed by atoms with E-state index in [4.69, 9.17) is 17.3 Å². The number of aromatic nitrogens is 2. The topological polar surface area (TPSA) is 127 Å². The van der Waals surface area contributed by atoms with Gasteiger partial charge in [0.2, 0.25) is 10.0 Å². The first-order valence-corrected chi connectivity index (χ1v) is 12.2. The third-order valence-corrected chi connectivity index (χ3v) is 5.97. The highest BCUT2D eigenvalue weighted by molar-refractivity contribution is 7.89. The Morgan fingerprint density at radius 1 is 1.12 bits per heavy atom. The largest absolute Gasteiger partial charge is 0.331 e. The number of pyridine rings is 1. The Bertz CT molecular complexity index is 1540. The number of halogens is 1. The summed E-state index contributed by atoms with van der Waals surface area (Å²) in [5.41, 5.74) is 8.29. The number of nitrogens with one attached hydrogen (secondary N) is 2. The Morgan fingerprint density at radius 2 is 1.88 bits per heavy atom. The Balaban J connectivity index is 2.07. The van der Waals surface area contributed by atoms with Crippen molar-refractivity contribution in [3.8, 4) is 11.1 Å². The second-order valence-corrected chi connectivity index (χ2v) is 9.80. The first-order valence-electron chi connectivity index (χ1n) is 9.98. The molecular weight excluding hydrogens is 464 g/mol. The summed E-state index contributed by atoms with van der Waals surface area (Å²) >= 11 is 6.26. The lowest BCUT2D eigenvalue weighted by molar-refractivity contribution is 0.0974. The van der Waals surface area contributed by atoms with Gasteiger partial charge in [-0.05, 0) is 41.5 Å². The minimum atomic E-state index is -3.87. The number of nitrogens with zero attached hydrogens (tertiary/aromatic N) is 1. The van der Waals surface area contributed by atoms with Crippen LogP contribution in [0.1, 0.15) is 21.6 Å². The van der Waals surface area contributed by atoms with Gasteiger partial charge >= 0.3 is 0 Å². The molecule has 0 spiro atoms. The molecule has 2 aromatic heterocycles. The molecule has 0 aliphatic heterocycles. The van der Waals surface area contributed by atoms with Crippen molar-refractivity contribution in [3.63, 3.8) is 0 Å². The quantitative estimate of drug-likeness (QED) is 0.388. The molecule has 2 aromatic carbocycles. The zero-order valence-electron chi connectivity index (χ0n) is 17.6. The highest BCUT2D eigenvalue weighted by Gasteiger charge is 2.27. The smallest absolute Gasteiger partial charge is 0.282 e. The van der Waals surface area contributed by atoms with Crippen LogP contribution in [-0.2, 0) is 23.1 Å². The summed E-state index contributed by atoms with van der Waals surface area (Å²) in [6, 6.07) is 15.8. The molecule has 4 aromatic rings. The van der Waals surface area contributed by atoms with Crippen molar-refractivity contribution in [1.29, 1.82) is 0 Å². The first-order chi connectivity index (χ1) is 15.7. The lowest BCUT2D eigenvalue weighted by Crippen LogP contribution is -2.31. The van der Waals surface area contributed by atoms with Gasteiger partial charge in [-0.3, -0.25) is 9.59 Å². The predicted octanol–water partition coefficient (Wildman–Crippen LogP) is 2.85. The lowest BCUT2D eigenvalue weighted by Gasteiger charge is -2.13. The molecule has 4 N–H and O–H groups in total. The maximum atomic E-state index is 13.3. The first kappa shape index (κ1) is 22.8. The van der Waals surface area contributed by atoms with Crippen LogP contribution in [0.25, 0.3) is 22.0 Å². The molecule has 0 unspecified atom stereocenters. The zero-order valence-corrected chi connectivity index (χ0v) is 19.2. The second kappa shape index (κ2) is 8.86. The molecule has 8 nitrogen and oxygen atoms in total. The summed E-state index contributed by atoms with van der Waals surface area (Å²) in [5.74, 6) is -0.849. The monoisotopic (exact) mass is 484 g/mol. The van der Waals surface area contributed by atoms with Gasteiger partial charge in [0.15, 0.2) is 0 Å². The van der Waals surface area contributed by atoms with Crippen LogP contribution in [-0.4, -0.2) is 30.1 Å². The number of hydrogen-bond acceptors (Lipinski definition) is 5. The van der Waals surface area contributed by atoms with Crippen LogP contribution < -0.4 is 16.0 Å². The van der Waals surface area contributed by atoms with Crippen LogP contribution in [0.2, 0.25) is 5.02 Å². The number of rotatable bonds is 6. The van der Waals surface area contributed by atoms with Crippen molar-refractivity contribution < 1.29 is 13.2 Å². The predicted molar refractivity (Wildman–Crippen MR) is 129 cm³/mol. The average molecular weight is 485 g/mol. The molecule has 10 heteroatoms. The van der Waals surface area contributed by atoms with Crippen LogP contribution in [0.5, 0.6) is 0 Å². The Morgan fingerprint density at radius 3 is 2.58 bits per heavy atom. The van der Waals surface area contributed by atoms with Gasteiger partial charge in [-0.25, -0.2) is 13.1 Å². The fraction of sp³-hybridized carbons (Fsp3) is 0.130. The van der Waals surface area contributed by atoms with E-state index < -0.39 is 21.5 Å². The number of H-pyrrole nitrogens is 1. The molecule has 0 radical (unpaired) electrons. The van der Waals surface area contributed by atoms with E-state index >= 15 is 0 Å². The standard InChI is InChI=1S/C23H21ClN4O4S/c1-33(31,32)27-23(30)21-20(17-6-3-9-26-22(17)29)18-11-16(24)7-8-19(18)28(21)13-15-5-2-4-14(10-15)12-25/h2-11H,12-13,25H2,1H3,(H,26,29)(H,27,30). The molecule has 2 heterocycles. The van der Waals surface area contributed by atoms with E-state index in [0.29, 0.717) is 28.0 Å². The van der Waals surface area contributed by atoms with E-state index in [0.717, 1.165) is 17.4 Å². The van der Waals surface area contributed by atoms with Gasteiger partial charge in [0.1, 0.15) is 5.69 Å². The minimum Gasteiger partial charge on any atom is -0.331 e. The maximum absolute atomic E-state index is 13.3. The van der Waals surface area contributed by atoms with Crippen LogP contribution in [0.4, 0.5) is 0 Å². The summed E-state index contributed by atoms with van der Waals surface area (Å²) in [5, 5.41) is 0.960. The van der Waals surface area contributed by atoms with Gasteiger partial charge in [-0.15, -0.1) is 0 Å². The second-order valence-electron chi connectivity index (χ2n) is 7.61. The fourth-order valence-corrected chi connectivity index (χ4v) is 4.48. The molecule has 0 saturated heterocycles. The molecular formula is C23H21ClN4O4S. The maximum Gasteiger partial charge on any atom is 0.282 e. The molecule has 0 fully saturated rings. The van der Waals surface area contributed by atoms with E-state index in [1.165, 1.54) is 6.20 Å². The van der Waals surface area contributed by atoms with E-state index in [1.807, 2.05) is 29.0 Å². The SMILES string of the molecule is CS(=O)(=O)NC(=O)c1c(-c2ccc[nH]c2=O)c2cc(Cl)ccc2n1Cc1cccc(CN)c1. The number of carbonyl (C=O) groups excluding carboxylic acids is 1. The summed E-state index contributed by atoms with van der Waals surface area (Å²) < 4.78 is 27.5. The van der Waals surface area contributed by atoms with Gasteiger partial charge in [0.25, 0.3) is 11.5 Å². The average Bonchev–Trinajstić information content (AvgIpc) is 3.06. The molecule has 170 valence electrons. The van der Waals surface area contributed by atoms with Gasteiger partial charge in [0.05, 0.1) is 6.26 Å². The van der Waals surface area contributed by atoms with Crippen molar-refractivity contribution in [1.82, 2.24) is 14.3 Å². The van der Waals surface area contributed by atoms with Crippen molar-refractivity contribution in [3.05, 3.63) is 93.0 Å². The van der Waals surface area contributed by atoms with Gasteiger partial charge in [0, 0.05) is 46.3 Å². The van der Waals surface area contributed by atoms with Crippen molar-refractivity contribution in [2.45, 2.75) is 13.1 Å². The third-order valence-electron chi connectivity index (χ3n) is 5.17. The molecule has 0 saturated carbocycles. The molecule has 1 amide bonds. The van der Waals surface area contributed by atoms with Crippen LogP contribution in [0.3, 0.4) is 0 Å². The van der Waals surface area contributed by atoms with Crippen LogP contribution >= 0.6 is 11.6 Å². The van der Waals surface area contributed by atoms with Gasteiger partial charge in [-0.2, -0.15) is 0 Å². The molecule has 33 heavy (non-hydrogen) atoms. The molecule has 0 atom stereocenters. The fourth-order valence-electron chi connectivity index (χ4n) is 3.87. The summed E-state index contributed by atoms with van der Waals surface area (Å²) in [7, 11) is -3.87. The Hall–Kier alpha value is -3.40. The molecule has 0 bridgehead atoms. The number of nitrogens with two attached hydrogens (primary N) is 1. The number of hydrogen-bond donors (Lipinski definition) is 3. The van der Waals surface area contributed by atoms with E-state index in [1.54, 1.807) is 34.9 Å². The molecule has 4 rings (SSSR count). The van der Waals surface area contributed by atoms with Crippen molar-refractivity contribution >= 4 is 38.4 Å². The van der Waals surface area contributed by atoms with Crippen molar-refractivity contribution in [2.75, 3.05) is 6.26 Å². The van der Waals surface area contributed by atoms with E-state index in [2.05, 4.69) is 4.98 Å². The molecule has 0 aliphatic rings. The normalized spacial score (nSPS) is 11.6. The number of sulfonamides is 1. The molecule has 0 aliphatic carbocycles. The highest BCUT2D eigenvalue weighted by Crippen LogP contribution is 2.36. The summed E-state index contributed by atoms with van der Waals surface area (Å²) in [4.78, 5) is 28.6. The number of fused-ring (bicyclic) bond motifs is 1.